The molecule has 11 heavy (non-hydrogen) atoms. The van der Waals surface area contributed by atoms with E-state index in [4.69, 9.17) is 4.74 Å². The molecule has 0 amide bonds. The molecular weight excluding hydrogens is 144 g/mol. The van der Waals surface area contributed by atoms with Crippen molar-refractivity contribution in [2.45, 2.75) is 38.4 Å². The zero-order valence-electron chi connectivity index (χ0n) is 7.22. The van der Waals surface area contributed by atoms with Gasteiger partial charge in [0.1, 0.15) is 5.60 Å². The number of esters is 1. The third kappa shape index (κ3) is 1.53. The molecule has 1 rings (SSSR count). The second kappa shape index (κ2) is 2.81. The summed E-state index contributed by atoms with van der Waals surface area (Å²) in [5, 5.41) is 0. The van der Waals surface area contributed by atoms with Crippen molar-refractivity contribution in [3.05, 3.63) is 0 Å². The normalized spacial score (nSPS) is 35.0. The van der Waals surface area contributed by atoms with Gasteiger partial charge in [0, 0.05) is 0 Å². The van der Waals surface area contributed by atoms with Gasteiger partial charge in [0.2, 0.25) is 0 Å². The fourth-order valence-electron chi connectivity index (χ4n) is 1.33. The number of methoxy groups -OCH3 is 1. The van der Waals surface area contributed by atoms with Crippen LogP contribution in [0, 0.1) is 0 Å². The zero-order chi connectivity index (χ0) is 8.48. The van der Waals surface area contributed by atoms with Gasteiger partial charge in [-0.2, -0.15) is 0 Å². The molecule has 0 aromatic heterocycles. The Morgan fingerprint density at radius 1 is 1.73 bits per heavy atom. The molecule has 1 aliphatic heterocycles. The van der Waals surface area contributed by atoms with Crippen molar-refractivity contribution >= 4 is 5.97 Å². The molecule has 0 radical (unpaired) electrons. The second-order valence-corrected chi connectivity index (χ2v) is 3.08. The lowest BCUT2D eigenvalue weighted by molar-refractivity contribution is -0.142. The molecule has 0 aromatic rings. The number of epoxide rings is 1. The number of rotatable bonds is 3. The standard InChI is InChI=1S/C8H14O3/c1-4-5-8(2)6(11-8)7(9)10-3/h6H,4-5H2,1-3H3. The van der Waals surface area contributed by atoms with Gasteiger partial charge in [-0.05, 0) is 13.3 Å². The summed E-state index contributed by atoms with van der Waals surface area (Å²) in [5.74, 6) is -0.249. The summed E-state index contributed by atoms with van der Waals surface area (Å²) >= 11 is 0. The highest BCUT2D eigenvalue weighted by Crippen LogP contribution is 2.40. The van der Waals surface area contributed by atoms with E-state index in [2.05, 4.69) is 11.7 Å². The van der Waals surface area contributed by atoms with E-state index in [1.165, 1.54) is 7.11 Å². The Morgan fingerprint density at radius 2 is 2.36 bits per heavy atom. The van der Waals surface area contributed by atoms with E-state index in [1.54, 1.807) is 0 Å². The first-order chi connectivity index (χ1) is 5.14. The first-order valence-corrected chi connectivity index (χ1v) is 3.89. The molecule has 1 aliphatic rings. The molecular formula is C8H14O3. The second-order valence-electron chi connectivity index (χ2n) is 3.08. The third-order valence-electron chi connectivity index (χ3n) is 2.05. The predicted octanol–water partition coefficient (Wildman–Crippen LogP) is 1.12. The van der Waals surface area contributed by atoms with Gasteiger partial charge in [0.25, 0.3) is 0 Å². The molecule has 0 saturated carbocycles. The molecule has 3 heteroatoms. The Bertz CT molecular complexity index is 167. The van der Waals surface area contributed by atoms with Crippen molar-refractivity contribution in [2.24, 2.45) is 0 Å². The SMILES string of the molecule is CCCC1(C)OC1C(=O)OC. The van der Waals surface area contributed by atoms with Crippen LogP contribution in [-0.2, 0) is 14.3 Å². The van der Waals surface area contributed by atoms with Crippen molar-refractivity contribution in [2.75, 3.05) is 7.11 Å². The molecule has 0 spiro atoms. The van der Waals surface area contributed by atoms with Crippen LogP contribution < -0.4 is 0 Å². The molecule has 0 aromatic carbocycles. The summed E-state index contributed by atoms with van der Waals surface area (Å²) in [6.07, 6.45) is 1.64. The maximum absolute atomic E-state index is 10.9. The molecule has 2 atom stereocenters. The molecule has 1 saturated heterocycles. The Kier molecular flexibility index (Phi) is 2.18. The molecule has 3 nitrogen and oxygen atoms in total. The van der Waals surface area contributed by atoms with Crippen LogP contribution in [0.1, 0.15) is 26.7 Å². The van der Waals surface area contributed by atoms with E-state index >= 15 is 0 Å². The minimum Gasteiger partial charge on any atom is -0.467 e. The van der Waals surface area contributed by atoms with Crippen LogP contribution in [0.15, 0.2) is 0 Å². The molecule has 0 N–H and O–H groups in total. The van der Waals surface area contributed by atoms with E-state index in [1.807, 2.05) is 6.92 Å². The molecule has 2 unspecified atom stereocenters. The molecule has 0 aliphatic carbocycles. The molecule has 1 fully saturated rings. The van der Waals surface area contributed by atoms with Crippen molar-refractivity contribution in [1.29, 1.82) is 0 Å². The highest BCUT2D eigenvalue weighted by molar-refractivity contribution is 5.79. The Hall–Kier alpha value is -0.570. The fourth-order valence-corrected chi connectivity index (χ4v) is 1.33. The largest absolute Gasteiger partial charge is 0.467 e. The van der Waals surface area contributed by atoms with Crippen LogP contribution in [0.2, 0.25) is 0 Å². The lowest BCUT2D eigenvalue weighted by atomic mass is 10.0. The monoisotopic (exact) mass is 158 g/mol. The summed E-state index contributed by atoms with van der Waals surface area (Å²) in [6, 6.07) is 0. The molecule has 64 valence electrons. The van der Waals surface area contributed by atoms with Crippen LogP contribution in [-0.4, -0.2) is 24.8 Å². The summed E-state index contributed by atoms with van der Waals surface area (Å²) < 4.78 is 9.77. The Balaban J connectivity index is 2.39. The fraction of sp³-hybridized carbons (Fsp3) is 0.875. The number of carbonyl (C=O) groups is 1. The van der Waals surface area contributed by atoms with Crippen LogP contribution in [0.5, 0.6) is 0 Å². The van der Waals surface area contributed by atoms with Gasteiger partial charge in [-0.15, -0.1) is 0 Å². The van der Waals surface area contributed by atoms with Crippen LogP contribution >= 0.6 is 0 Å². The lowest BCUT2D eigenvalue weighted by Crippen LogP contribution is -2.18. The number of hydrogen-bond acceptors (Lipinski definition) is 3. The van der Waals surface area contributed by atoms with Gasteiger partial charge in [0.15, 0.2) is 6.10 Å². The average molecular weight is 158 g/mol. The van der Waals surface area contributed by atoms with Crippen molar-refractivity contribution in [3.8, 4) is 0 Å². The average Bonchev–Trinajstić information content (AvgIpc) is 2.62. The van der Waals surface area contributed by atoms with Crippen molar-refractivity contribution in [3.63, 3.8) is 0 Å². The third-order valence-corrected chi connectivity index (χ3v) is 2.05. The summed E-state index contributed by atoms with van der Waals surface area (Å²) in [5.41, 5.74) is -0.234. The number of ether oxygens (including phenoxy) is 2. The van der Waals surface area contributed by atoms with Gasteiger partial charge in [0.05, 0.1) is 7.11 Å². The first-order valence-electron chi connectivity index (χ1n) is 3.89. The Morgan fingerprint density at radius 3 is 2.82 bits per heavy atom. The van der Waals surface area contributed by atoms with Gasteiger partial charge < -0.3 is 9.47 Å². The molecule has 0 bridgehead atoms. The molecule has 1 heterocycles. The van der Waals surface area contributed by atoms with E-state index in [0.29, 0.717) is 0 Å². The van der Waals surface area contributed by atoms with Gasteiger partial charge in [-0.3, -0.25) is 0 Å². The van der Waals surface area contributed by atoms with E-state index in [9.17, 15) is 4.79 Å². The maximum atomic E-state index is 10.9. The van der Waals surface area contributed by atoms with Crippen LogP contribution in [0.3, 0.4) is 0 Å². The summed E-state index contributed by atoms with van der Waals surface area (Å²) in [4.78, 5) is 10.9. The Labute approximate surface area is 66.7 Å². The number of hydrogen-bond donors (Lipinski definition) is 0. The van der Waals surface area contributed by atoms with Crippen LogP contribution in [0.4, 0.5) is 0 Å². The highest BCUT2D eigenvalue weighted by Gasteiger charge is 2.56. The maximum Gasteiger partial charge on any atom is 0.338 e. The van der Waals surface area contributed by atoms with E-state index in [-0.39, 0.29) is 17.7 Å². The minimum atomic E-state index is -0.313. The van der Waals surface area contributed by atoms with Crippen molar-refractivity contribution < 1.29 is 14.3 Å². The zero-order valence-corrected chi connectivity index (χ0v) is 7.22. The lowest BCUT2D eigenvalue weighted by Gasteiger charge is -2.01. The first kappa shape index (κ1) is 8.53. The van der Waals surface area contributed by atoms with Crippen molar-refractivity contribution in [1.82, 2.24) is 0 Å². The number of carbonyl (C=O) groups excluding carboxylic acids is 1. The van der Waals surface area contributed by atoms with Crippen LogP contribution in [0.25, 0.3) is 0 Å². The van der Waals surface area contributed by atoms with E-state index in [0.717, 1.165) is 12.8 Å². The predicted molar refractivity (Wildman–Crippen MR) is 40.2 cm³/mol. The van der Waals surface area contributed by atoms with Gasteiger partial charge >= 0.3 is 5.97 Å². The smallest absolute Gasteiger partial charge is 0.338 e. The summed E-state index contributed by atoms with van der Waals surface area (Å²) in [7, 11) is 1.39. The quantitative estimate of drug-likeness (QED) is 0.456. The van der Waals surface area contributed by atoms with Gasteiger partial charge in [-0.1, -0.05) is 13.3 Å². The topological polar surface area (TPSA) is 38.8 Å². The highest BCUT2D eigenvalue weighted by atomic mass is 16.6. The van der Waals surface area contributed by atoms with Gasteiger partial charge in [-0.25, -0.2) is 4.79 Å². The minimum absolute atomic E-state index is 0.234. The summed E-state index contributed by atoms with van der Waals surface area (Å²) in [6.45, 7) is 4.01. The van der Waals surface area contributed by atoms with E-state index < -0.39 is 0 Å².